The summed E-state index contributed by atoms with van der Waals surface area (Å²) < 4.78 is 66.2. The van der Waals surface area contributed by atoms with Crippen LogP contribution in [0.4, 0.5) is 17.6 Å². The van der Waals surface area contributed by atoms with Gasteiger partial charge < -0.3 is 14.0 Å². The fourth-order valence-corrected chi connectivity index (χ4v) is 3.51. The zero-order valence-electron chi connectivity index (χ0n) is 17.4. The molecular formula is C24H18F4N2O3. The Hall–Kier alpha value is -3.88. The Balaban J connectivity index is 1.69. The van der Waals surface area contributed by atoms with Gasteiger partial charge in [-0.3, -0.25) is 0 Å². The molecule has 33 heavy (non-hydrogen) atoms. The van der Waals surface area contributed by atoms with Gasteiger partial charge >= 0.3 is 12.1 Å². The van der Waals surface area contributed by atoms with Crippen LogP contribution < -0.4 is 4.74 Å². The number of rotatable bonds is 6. The van der Waals surface area contributed by atoms with Gasteiger partial charge in [-0.1, -0.05) is 24.3 Å². The van der Waals surface area contributed by atoms with Gasteiger partial charge in [-0.15, -0.1) is 0 Å². The molecule has 0 fully saturated rings. The Morgan fingerprint density at radius 3 is 2.58 bits per heavy atom. The summed E-state index contributed by atoms with van der Waals surface area (Å²) >= 11 is 0. The van der Waals surface area contributed by atoms with Gasteiger partial charge in [0.25, 0.3) is 0 Å². The topological polar surface area (TPSA) is 53.4 Å². The highest BCUT2D eigenvalue weighted by Crippen LogP contribution is 2.33. The van der Waals surface area contributed by atoms with Crippen LogP contribution in [-0.2, 0) is 24.1 Å². The Morgan fingerprint density at radius 1 is 1.03 bits per heavy atom. The van der Waals surface area contributed by atoms with Crippen molar-refractivity contribution in [3.05, 3.63) is 95.1 Å². The van der Waals surface area contributed by atoms with Crippen molar-refractivity contribution in [2.24, 2.45) is 0 Å². The van der Waals surface area contributed by atoms with Crippen molar-refractivity contribution in [1.29, 1.82) is 0 Å². The first-order valence-corrected chi connectivity index (χ1v) is 9.87. The molecule has 0 radical (unpaired) electrons. The van der Waals surface area contributed by atoms with Crippen molar-refractivity contribution >= 4 is 17.0 Å². The van der Waals surface area contributed by atoms with E-state index in [9.17, 15) is 22.4 Å². The fourth-order valence-electron chi connectivity index (χ4n) is 3.51. The number of benzene rings is 3. The molecule has 9 heteroatoms. The number of esters is 1. The number of aromatic nitrogens is 2. The zero-order valence-corrected chi connectivity index (χ0v) is 17.4. The highest BCUT2D eigenvalue weighted by molar-refractivity contribution is 5.89. The van der Waals surface area contributed by atoms with E-state index < -0.39 is 23.5 Å². The first-order chi connectivity index (χ1) is 15.8. The maximum atomic E-state index is 13.5. The van der Waals surface area contributed by atoms with Gasteiger partial charge in [-0.2, -0.15) is 13.2 Å². The minimum atomic E-state index is -4.71. The van der Waals surface area contributed by atoms with E-state index in [2.05, 4.69) is 4.98 Å². The summed E-state index contributed by atoms with van der Waals surface area (Å²) in [5.74, 6) is -0.745. The second-order valence-electron chi connectivity index (χ2n) is 7.21. The predicted octanol–water partition coefficient (Wildman–Crippen LogP) is 5.61. The molecule has 5 nitrogen and oxygen atoms in total. The van der Waals surface area contributed by atoms with E-state index >= 15 is 0 Å². The molecule has 1 aromatic heterocycles. The third-order valence-corrected chi connectivity index (χ3v) is 5.06. The summed E-state index contributed by atoms with van der Waals surface area (Å²) in [6, 6.07) is 15.9. The molecular weight excluding hydrogens is 440 g/mol. The highest BCUT2D eigenvalue weighted by Gasteiger charge is 2.34. The van der Waals surface area contributed by atoms with Gasteiger partial charge in [-0.25, -0.2) is 14.2 Å². The van der Waals surface area contributed by atoms with Crippen molar-refractivity contribution in [1.82, 2.24) is 9.55 Å². The molecule has 170 valence electrons. The maximum Gasteiger partial charge on any atom is 0.416 e. The average molecular weight is 458 g/mol. The quantitative estimate of drug-likeness (QED) is 0.279. The summed E-state index contributed by atoms with van der Waals surface area (Å²) in [4.78, 5) is 16.2. The number of imidazole rings is 1. The standard InChI is InChI=1S/C24H18F4N2O3/c1-32-23(31)15-5-4-6-18(11-15)33-14-22-29-20-7-2-3-8-21(20)30(22)13-16-9-10-17(25)12-19(16)24(26,27)28/h2-12H,13-14H2,1H3. The molecule has 0 bridgehead atoms. The first-order valence-electron chi connectivity index (χ1n) is 9.87. The number of alkyl halides is 3. The van der Waals surface area contributed by atoms with E-state index in [0.29, 0.717) is 34.2 Å². The second kappa shape index (κ2) is 8.93. The van der Waals surface area contributed by atoms with Gasteiger partial charge in [0, 0.05) is 0 Å². The molecule has 4 aromatic rings. The Labute approximate surface area is 186 Å². The number of methoxy groups -OCH3 is 1. The minimum absolute atomic E-state index is 0.0676. The van der Waals surface area contributed by atoms with Gasteiger partial charge in [0.1, 0.15) is 24.0 Å². The van der Waals surface area contributed by atoms with Gasteiger partial charge in [0.2, 0.25) is 0 Å². The van der Waals surface area contributed by atoms with Crippen LogP contribution in [0.5, 0.6) is 5.75 Å². The number of carbonyl (C=O) groups is 1. The van der Waals surface area contributed by atoms with Crippen molar-refractivity contribution < 1.29 is 31.8 Å². The Kier molecular flexibility index (Phi) is 6.04. The summed E-state index contributed by atoms with van der Waals surface area (Å²) in [5.41, 5.74) is 0.343. The SMILES string of the molecule is COC(=O)c1cccc(OCc2nc3ccccc3n2Cc2ccc(F)cc2C(F)(F)F)c1. The van der Waals surface area contributed by atoms with Crippen LogP contribution in [0.15, 0.2) is 66.7 Å². The highest BCUT2D eigenvalue weighted by atomic mass is 19.4. The van der Waals surface area contributed by atoms with Gasteiger partial charge in [0.15, 0.2) is 0 Å². The van der Waals surface area contributed by atoms with Crippen LogP contribution in [0.3, 0.4) is 0 Å². The molecule has 0 atom stereocenters. The van der Waals surface area contributed by atoms with E-state index in [0.717, 1.165) is 12.1 Å². The predicted molar refractivity (Wildman–Crippen MR) is 112 cm³/mol. The lowest BCUT2D eigenvalue weighted by Gasteiger charge is -2.16. The summed E-state index contributed by atoms with van der Waals surface area (Å²) in [6.45, 7) is -0.252. The zero-order chi connectivity index (χ0) is 23.6. The van der Waals surface area contributed by atoms with Crippen LogP contribution in [-0.4, -0.2) is 22.6 Å². The molecule has 0 saturated heterocycles. The van der Waals surface area contributed by atoms with Gasteiger partial charge in [0.05, 0.1) is 35.8 Å². The molecule has 0 aliphatic heterocycles. The van der Waals surface area contributed by atoms with E-state index in [1.54, 1.807) is 47.0 Å². The number of hydrogen-bond donors (Lipinski definition) is 0. The molecule has 0 N–H and O–H groups in total. The first kappa shape index (κ1) is 22.3. The molecule has 0 unspecified atom stereocenters. The van der Waals surface area contributed by atoms with Crippen LogP contribution in [0.25, 0.3) is 11.0 Å². The van der Waals surface area contributed by atoms with Crippen LogP contribution in [0.2, 0.25) is 0 Å². The van der Waals surface area contributed by atoms with Crippen molar-refractivity contribution in [3.8, 4) is 5.75 Å². The molecule has 0 aliphatic rings. The van der Waals surface area contributed by atoms with E-state index in [-0.39, 0.29) is 18.7 Å². The average Bonchev–Trinajstić information content (AvgIpc) is 3.15. The maximum absolute atomic E-state index is 13.5. The third-order valence-electron chi connectivity index (χ3n) is 5.06. The number of halogens is 4. The Morgan fingerprint density at radius 2 is 1.82 bits per heavy atom. The molecule has 0 spiro atoms. The minimum Gasteiger partial charge on any atom is -0.486 e. The molecule has 0 amide bonds. The number of ether oxygens (including phenoxy) is 2. The number of para-hydroxylation sites is 2. The van der Waals surface area contributed by atoms with Crippen molar-refractivity contribution in [3.63, 3.8) is 0 Å². The van der Waals surface area contributed by atoms with Gasteiger partial charge in [-0.05, 0) is 48.0 Å². The van der Waals surface area contributed by atoms with E-state index in [4.69, 9.17) is 9.47 Å². The smallest absolute Gasteiger partial charge is 0.416 e. The molecule has 3 aromatic carbocycles. The molecule has 4 rings (SSSR count). The summed E-state index contributed by atoms with van der Waals surface area (Å²) in [5, 5.41) is 0. The third kappa shape index (κ3) is 4.82. The second-order valence-corrected chi connectivity index (χ2v) is 7.21. The van der Waals surface area contributed by atoms with Crippen LogP contribution in [0.1, 0.15) is 27.3 Å². The van der Waals surface area contributed by atoms with E-state index in [1.165, 1.54) is 13.2 Å². The number of nitrogens with zero attached hydrogens (tertiary/aromatic N) is 2. The van der Waals surface area contributed by atoms with Crippen LogP contribution in [0, 0.1) is 5.82 Å². The molecule has 0 aliphatic carbocycles. The number of fused-ring (bicyclic) bond motifs is 1. The Bertz CT molecular complexity index is 1310. The number of hydrogen-bond acceptors (Lipinski definition) is 4. The molecule has 1 heterocycles. The lowest BCUT2D eigenvalue weighted by Crippen LogP contribution is -2.14. The lowest BCUT2D eigenvalue weighted by molar-refractivity contribution is -0.138. The van der Waals surface area contributed by atoms with Crippen molar-refractivity contribution in [2.45, 2.75) is 19.3 Å². The summed E-state index contributed by atoms with van der Waals surface area (Å²) in [7, 11) is 1.27. The normalized spacial score (nSPS) is 11.5. The van der Waals surface area contributed by atoms with E-state index in [1.807, 2.05) is 0 Å². The fraction of sp³-hybridized carbons (Fsp3) is 0.167. The number of carbonyl (C=O) groups excluding carboxylic acids is 1. The van der Waals surface area contributed by atoms with Crippen molar-refractivity contribution in [2.75, 3.05) is 7.11 Å². The largest absolute Gasteiger partial charge is 0.486 e. The molecule has 0 saturated carbocycles. The lowest BCUT2D eigenvalue weighted by atomic mass is 10.1. The summed E-state index contributed by atoms with van der Waals surface area (Å²) in [6.07, 6.45) is -4.71. The monoisotopic (exact) mass is 458 g/mol. The van der Waals surface area contributed by atoms with Crippen LogP contribution >= 0.6 is 0 Å².